The van der Waals surface area contributed by atoms with Gasteiger partial charge in [-0.1, -0.05) is 18.2 Å². The van der Waals surface area contributed by atoms with Crippen molar-refractivity contribution in [2.24, 2.45) is 0 Å². The van der Waals surface area contributed by atoms with E-state index in [4.69, 9.17) is 9.47 Å². The summed E-state index contributed by atoms with van der Waals surface area (Å²) in [6.45, 7) is 3.28. The molecule has 0 saturated heterocycles. The van der Waals surface area contributed by atoms with Crippen LogP contribution in [-0.2, 0) is 11.0 Å². The molecule has 2 aromatic carbocycles. The number of rotatable bonds is 7. The quantitative estimate of drug-likeness (QED) is 0.597. The molecule has 0 radical (unpaired) electrons. The first kappa shape index (κ1) is 22.2. The van der Waals surface area contributed by atoms with Crippen LogP contribution in [0, 0.1) is 6.92 Å². The standard InChI is InChI=1S/C22H22F3N3O3/c1-14(27-21(29)13-31-20-10-5-4-9-19(20)30-3)18-12-26-28(15(18)2)17-8-6-7-16(11-17)22(23,24)25/h4-12,14H,13H2,1-3H3,(H,27,29). The largest absolute Gasteiger partial charge is 0.493 e. The molecule has 0 aliphatic rings. The molecule has 164 valence electrons. The van der Waals surface area contributed by atoms with E-state index in [9.17, 15) is 18.0 Å². The predicted molar refractivity (Wildman–Crippen MR) is 108 cm³/mol. The van der Waals surface area contributed by atoms with E-state index in [1.54, 1.807) is 44.2 Å². The normalized spacial score (nSPS) is 12.3. The maximum Gasteiger partial charge on any atom is 0.416 e. The molecule has 0 spiro atoms. The maximum absolute atomic E-state index is 13.0. The number of carbonyl (C=O) groups excluding carboxylic acids is 1. The highest BCUT2D eigenvalue weighted by molar-refractivity contribution is 5.78. The maximum atomic E-state index is 13.0. The number of benzene rings is 2. The van der Waals surface area contributed by atoms with E-state index in [-0.39, 0.29) is 18.2 Å². The molecule has 0 bridgehead atoms. The SMILES string of the molecule is COc1ccccc1OCC(=O)NC(C)c1cnn(-c2cccc(C(F)(F)F)c2)c1C. The summed E-state index contributed by atoms with van der Waals surface area (Å²) in [6, 6.07) is 11.5. The second kappa shape index (κ2) is 9.11. The number of aromatic nitrogens is 2. The van der Waals surface area contributed by atoms with Gasteiger partial charge in [0.05, 0.1) is 30.6 Å². The Bertz CT molecular complexity index is 1060. The molecule has 6 nitrogen and oxygen atoms in total. The smallest absolute Gasteiger partial charge is 0.416 e. The lowest BCUT2D eigenvalue weighted by Gasteiger charge is -2.15. The van der Waals surface area contributed by atoms with Crippen LogP contribution >= 0.6 is 0 Å². The molecule has 0 fully saturated rings. The van der Waals surface area contributed by atoms with Gasteiger partial charge in [0, 0.05) is 11.3 Å². The molecule has 9 heteroatoms. The highest BCUT2D eigenvalue weighted by Crippen LogP contribution is 2.31. The fourth-order valence-electron chi connectivity index (χ4n) is 3.16. The first-order valence-electron chi connectivity index (χ1n) is 9.48. The Balaban J connectivity index is 1.69. The van der Waals surface area contributed by atoms with Crippen LogP contribution in [0.3, 0.4) is 0 Å². The van der Waals surface area contributed by atoms with Crippen molar-refractivity contribution in [3.05, 3.63) is 71.5 Å². The number of alkyl halides is 3. The topological polar surface area (TPSA) is 65.4 Å². The van der Waals surface area contributed by atoms with E-state index in [1.165, 1.54) is 24.1 Å². The summed E-state index contributed by atoms with van der Waals surface area (Å²) < 4.78 is 51.1. The molecule has 3 aromatic rings. The van der Waals surface area contributed by atoms with Crippen molar-refractivity contribution in [3.8, 4) is 17.2 Å². The molecular weight excluding hydrogens is 411 g/mol. The minimum Gasteiger partial charge on any atom is -0.493 e. The van der Waals surface area contributed by atoms with Crippen LogP contribution in [0.5, 0.6) is 11.5 Å². The third-order valence-corrected chi connectivity index (χ3v) is 4.74. The number of hydrogen-bond acceptors (Lipinski definition) is 4. The molecule has 3 rings (SSSR count). The van der Waals surface area contributed by atoms with Gasteiger partial charge in [-0.3, -0.25) is 4.79 Å². The summed E-state index contributed by atoms with van der Waals surface area (Å²) in [4.78, 5) is 12.3. The number of amides is 1. The number of nitrogens with one attached hydrogen (secondary N) is 1. The Morgan fingerprint density at radius 3 is 2.55 bits per heavy atom. The van der Waals surface area contributed by atoms with E-state index in [0.29, 0.717) is 22.8 Å². The van der Waals surface area contributed by atoms with Crippen LogP contribution in [-0.4, -0.2) is 29.4 Å². The zero-order valence-corrected chi connectivity index (χ0v) is 17.2. The molecule has 0 aliphatic carbocycles. The second-order valence-electron chi connectivity index (χ2n) is 6.87. The van der Waals surface area contributed by atoms with Crippen molar-refractivity contribution < 1.29 is 27.4 Å². The summed E-state index contributed by atoms with van der Waals surface area (Å²) in [5, 5.41) is 7.01. The summed E-state index contributed by atoms with van der Waals surface area (Å²) >= 11 is 0. The summed E-state index contributed by atoms with van der Waals surface area (Å²) in [5.41, 5.74) is 0.841. The van der Waals surface area contributed by atoms with Gasteiger partial charge in [0.1, 0.15) is 0 Å². The van der Waals surface area contributed by atoms with Crippen LogP contribution in [0.25, 0.3) is 5.69 Å². The summed E-state index contributed by atoms with van der Waals surface area (Å²) in [7, 11) is 1.51. The zero-order chi connectivity index (χ0) is 22.6. The lowest BCUT2D eigenvalue weighted by atomic mass is 10.1. The number of para-hydroxylation sites is 2. The van der Waals surface area contributed by atoms with Gasteiger partial charge in [0.25, 0.3) is 5.91 Å². The summed E-state index contributed by atoms with van der Waals surface area (Å²) in [5.74, 6) is 0.604. The van der Waals surface area contributed by atoms with Crippen LogP contribution in [0.1, 0.15) is 29.8 Å². The molecule has 1 aromatic heterocycles. The Kier molecular flexibility index (Phi) is 6.53. The fraction of sp³-hybridized carbons (Fsp3) is 0.273. The van der Waals surface area contributed by atoms with Gasteiger partial charge < -0.3 is 14.8 Å². The van der Waals surface area contributed by atoms with Crippen molar-refractivity contribution >= 4 is 5.91 Å². The van der Waals surface area contributed by atoms with Crippen molar-refractivity contribution in [1.82, 2.24) is 15.1 Å². The van der Waals surface area contributed by atoms with Gasteiger partial charge in [-0.05, 0) is 44.2 Å². The summed E-state index contributed by atoms with van der Waals surface area (Å²) in [6.07, 6.45) is -2.91. The van der Waals surface area contributed by atoms with E-state index in [1.807, 2.05) is 0 Å². The van der Waals surface area contributed by atoms with E-state index >= 15 is 0 Å². The van der Waals surface area contributed by atoms with Crippen molar-refractivity contribution in [3.63, 3.8) is 0 Å². The van der Waals surface area contributed by atoms with Crippen LogP contribution in [0.15, 0.2) is 54.7 Å². The van der Waals surface area contributed by atoms with Gasteiger partial charge in [0.15, 0.2) is 18.1 Å². The molecule has 1 atom stereocenters. The molecule has 0 saturated carbocycles. The first-order chi connectivity index (χ1) is 14.7. The van der Waals surface area contributed by atoms with E-state index < -0.39 is 17.8 Å². The average molecular weight is 433 g/mol. The number of methoxy groups -OCH3 is 1. The number of hydrogen-bond donors (Lipinski definition) is 1. The Morgan fingerprint density at radius 1 is 1.16 bits per heavy atom. The highest BCUT2D eigenvalue weighted by Gasteiger charge is 2.30. The van der Waals surface area contributed by atoms with E-state index in [2.05, 4.69) is 10.4 Å². The average Bonchev–Trinajstić information content (AvgIpc) is 3.13. The monoisotopic (exact) mass is 433 g/mol. The molecule has 1 unspecified atom stereocenters. The molecule has 0 aliphatic heterocycles. The Labute approximate surface area is 177 Å². The number of ether oxygens (including phenoxy) is 2. The number of nitrogens with zero attached hydrogens (tertiary/aromatic N) is 2. The highest BCUT2D eigenvalue weighted by atomic mass is 19.4. The van der Waals surface area contributed by atoms with Crippen LogP contribution in [0.4, 0.5) is 13.2 Å². The molecular formula is C22H22F3N3O3. The Morgan fingerprint density at radius 2 is 1.87 bits per heavy atom. The minimum atomic E-state index is -4.44. The van der Waals surface area contributed by atoms with E-state index in [0.717, 1.165) is 12.1 Å². The third kappa shape index (κ3) is 5.17. The minimum absolute atomic E-state index is 0.217. The number of halogens is 3. The van der Waals surface area contributed by atoms with Crippen molar-refractivity contribution in [2.45, 2.75) is 26.1 Å². The van der Waals surface area contributed by atoms with Gasteiger partial charge in [0.2, 0.25) is 0 Å². The fourth-order valence-corrected chi connectivity index (χ4v) is 3.16. The van der Waals surface area contributed by atoms with Gasteiger partial charge in [-0.25, -0.2) is 4.68 Å². The van der Waals surface area contributed by atoms with Crippen molar-refractivity contribution in [1.29, 1.82) is 0 Å². The lowest BCUT2D eigenvalue weighted by Crippen LogP contribution is -2.31. The van der Waals surface area contributed by atoms with Gasteiger partial charge in [-0.2, -0.15) is 18.3 Å². The third-order valence-electron chi connectivity index (χ3n) is 4.74. The van der Waals surface area contributed by atoms with Gasteiger partial charge >= 0.3 is 6.18 Å². The predicted octanol–water partition coefficient (Wildman–Crippen LogP) is 4.46. The Hall–Kier alpha value is -3.49. The van der Waals surface area contributed by atoms with Gasteiger partial charge in [-0.15, -0.1) is 0 Å². The molecule has 1 heterocycles. The van der Waals surface area contributed by atoms with Crippen LogP contribution in [0.2, 0.25) is 0 Å². The number of carbonyl (C=O) groups is 1. The van der Waals surface area contributed by atoms with Crippen molar-refractivity contribution in [2.75, 3.05) is 13.7 Å². The zero-order valence-electron chi connectivity index (χ0n) is 17.2. The second-order valence-corrected chi connectivity index (χ2v) is 6.87. The first-order valence-corrected chi connectivity index (χ1v) is 9.48. The molecule has 1 amide bonds. The van der Waals surface area contributed by atoms with Crippen LogP contribution < -0.4 is 14.8 Å². The molecule has 31 heavy (non-hydrogen) atoms. The molecule has 1 N–H and O–H groups in total. The lowest BCUT2D eigenvalue weighted by molar-refractivity contribution is -0.137.